The Kier molecular flexibility index (Phi) is 4.48. The van der Waals surface area contributed by atoms with Gasteiger partial charge in [0.15, 0.2) is 5.78 Å². The number of hydrogen-bond donors (Lipinski definition) is 0. The first-order valence-corrected chi connectivity index (χ1v) is 5.53. The van der Waals surface area contributed by atoms with E-state index in [9.17, 15) is 4.79 Å². The molecule has 3 nitrogen and oxygen atoms in total. The smallest absolute Gasteiger partial charge is 0.155 e. The molecule has 0 aromatic rings. The standard InChI is InChI=1S/C12H22N2O/c1-13(2)9-12(14(3)4)10-5-7-11(15)8-6-10/h5,7,10,12H,6,8-9H2,1-4H3. The van der Waals surface area contributed by atoms with Gasteiger partial charge in [0.25, 0.3) is 0 Å². The lowest BCUT2D eigenvalue weighted by Crippen LogP contribution is -2.43. The molecule has 15 heavy (non-hydrogen) atoms. The summed E-state index contributed by atoms with van der Waals surface area (Å²) in [6.45, 7) is 1.04. The first-order valence-electron chi connectivity index (χ1n) is 5.53. The Morgan fingerprint density at radius 3 is 2.47 bits per heavy atom. The lowest BCUT2D eigenvalue weighted by atomic mass is 9.88. The highest BCUT2D eigenvalue weighted by molar-refractivity contribution is 5.90. The molecule has 0 radical (unpaired) electrons. The topological polar surface area (TPSA) is 23.6 Å². The third kappa shape index (κ3) is 3.76. The van der Waals surface area contributed by atoms with E-state index in [2.05, 4.69) is 44.1 Å². The Morgan fingerprint density at radius 2 is 2.07 bits per heavy atom. The van der Waals surface area contributed by atoms with E-state index < -0.39 is 0 Å². The number of nitrogens with zero attached hydrogens (tertiary/aromatic N) is 2. The Morgan fingerprint density at radius 1 is 1.40 bits per heavy atom. The van der Waals surface area contributed by atoms with Crippen molar-refractivity contribution in [3.05, 3.63) is 12.2 Å². The fourth-order valence-corrected chi connectivity index (χ4v) is 2.10. The van der Waals surface area contributed by atoms with Crippen LogP contribution >= 0.6 is 0 Å². The van der Waals surface area contributed by atoms with Crippen LogP contribution in [0.3, 0.4) is 0 Å². The molecular weight excluding hydrogens is 188 g/mol. The lowest BCUT2D eigenvalue weighted by Gasteiger charge is -2.33. The first-order chi connectivity index (χ1) is 7.00. The Bertz CT molecular complexity index is 246. The van der Waals surface area contributed by atoms with Crippen LogP contribution in [-0.4, -0.2) is 56.4 Å². The molecule has 0 heterocycles. The molecule has 0 aromatic heterocycles. The summed E-state index contributed by atoms with van der Waals surface area (Å²) in [6, 6.07) is 0.504. The SMILES string of the molecule is CN(C)CC(C1C=CC(=O)CC1)N(C)C. The summed E-state index contributed by atoms with van der Waals surface area (Å²) in [5, 5.41) is 0. The zero-order chi connectivity index (χ0) is 11.4. The molecule has 0 N–H and O–H groups in total. The quantitative estimate of drug-likeness (QED) is 0.692. The molecule has 0 bridgehead atoms. The summed E-state index contributed by atoms with van der Waals surface area (Å²) in [5.41, 5.74) is 0. The summed E-state index contributed by atoms with van der Waals surface area (Å²) in [6.07, 6.45) is 5.53. The van der Waals surface area contributed by atoms with Crippen molar-refractivity contribution >= 4 is 5.78 Å². The van der Waals surface area contributed by atoms with E-state index in [1.807, 2.05) is 0 Å². The summed E-state index contributed by atoms with van der Waals surface area (Å²) >= 11 is 0. The van der Waals surface area contributed by atoms with Gasteiger partial charge in [-0.1, -0.05) is 6.08 Å². The third-order valence-electron chi connectivity index (χ3n) is 2.96. The normalized spacial score (nSPS) is 23.9. The van der Waals surface area contributed by atoms with Crippen molar-refractivity contribution in [3.8, 4) is 0 Å². The Labute approximate surface area is 92.7 Å². The van der Waals surface area contributed by atoms with Gasteiger partial charge in [-0.05, 0) is 46.6 Å². The number of carbonyl (C=O) groups excluding carboxylic acids is 1. The van der Waals surface area contributed by atoms with E-state index in [4.69, 9.17) is 0 Å². The predicted molar refractivity (Wildman–Crippen MR) is 62.9 cm³/mol. The van der Waals surface area contributed by atoms with E-state index in [0.717, 1.165) is 13.0 Å². The number of ketones is 1. The highest BCUT2D eigenvalue weighted by atomic mass is 16.1. The van der Waals surface area contributed by atoms with Gasteiger partial charge in [-0.15, -0.1) is 0 Å². The molecule has 2 atom stereocenters. The maximum Gasteiger partial charge on any atom is 0.155 e. The van der Waals surface area contributed by atoms with Gasteiger partial charge in [-0.3, -0.25) is 4.79 Å². The molecule has 0 amide bonds. The Hall–Kier alpha value is -0.670. The second-order valence-electron chi connectivity index (χ2n) is 4.82. The fourth-order valence-electron chi connectivity index (χ4n) is 2.10. The van der Waals surface area contributed by atoms with Crippen molar-refractivity contribution in [3.63, 3.8) is 0 Å². The monoisotopic (exact) mass is 210 g/mol. The van der Waals surface area contributed by atoms with Crippen LogP contribution in [0.5, 0.6) is 0 Å². The van der Waals surface area contributed by atoms with E-state index >= 15 is 0 Å². The van der Waals surface area contributed by atoms with Crippen LogP contribution in [0, 0.1) is 5.92 Å². The van der Waals surface area contributed by atoms with Crippen LogP contribution < -0.4 is 0 Å². The molecule has 0 saturated heterocycles. The van der Waals surface area contributed by atoms with Gasteiger partial charge in [0.05, 0.1) is 0 Å². The highest BCUT2D eigenvalue weighted by Gasteiger charge is 2.24. The Balaban J connectivity index is 2.64. The molecule has 86 valence electrons. The molecule has 0 spiro atoms. The maximum absolute atomic E-state index is 11.1. The molecule has 1 aliphatic rings. The zero-order valence-corrected chi connectivity index (χ0v) is 10.2. The van der Waals surface area contributed by atoms with Crippen molar-refractivity contribution in [2.24, 2.45) is 5.92 Å². The van der Waals surface area contributed by atoms with E-state index in [1.54, 1.807) is 6.08 Å². The summed E-state index contributed by atoms with van der Waals surface area (Å²) in [7, 11) is 8.40. The van der Waals surface area contributed by atoms with Gasteiger partial charge < -0.3 is 9.80 Å². The first kappa shape index (κ1) is 12.4. The lowest BCUT2D eigenvalue weighted by molar-refractivity contribution is -0.115. The summed E-state index contributed by atoms with van der Waals surface area (Å²) in [4.78, 5) is 15.6. The van der Waals surface area contributed by atoms with Crippen molar-refractivity contribution in [1.29, 1.82) is 0 Å². The van der Waals surface area contributed by atoms with Crippen LogP contribution in [0.25, 0.3) is 0 Å². The largest absolute Gasteiger partial charge is 0.308 e. The van der Waals surface area contributed by atoms with Gasteiger partial charge in [0.2, 0.25) is 0 Å². The van der Waals surface area contributed by atoms with Crippen molar-refractivity contribution in [2.75, 3.05) is 34.7 Å². The molecule has 0 fully saturated rings. The molecule has 0 aromatic carbocycles. The van der Waals surface area contributed by atoms with E-state index in [1.165, 1.54) is 0 Å². The molecule has 1 rings (SSSR count). The average molecular weight is 210 g/mol. The van der Waals surface area contributed by atoms with Crippen molar-refractivity contribution in [1.82, 2.24) is 9.80 Å². The van der Waals surface area contributed by atoms with Gasteiger partial charge in [-0.25, -0.2) is 0 Å². The second-order valence-corrected chi connectivity index (χ2v) is 4.82. The van der Waals surface area contributed by atoms with Gasteiger partial charge in [0.1, 0.15) is 0 Å². The van der Waals surface area contributed by atoms with Crippen LogP contribution in [-0.2, 0) is 4.79 Å². The molecule has 3 heteroatoms. The number of hydrogen-bond acceptors (Lipinski definition) is 3. The highest BCUT2D eigenvalue weighted by Crippen LogP contribution is 2.21. The summed E-state index contributed by atoms with van der Waals surface area (Å²) in [5.74, 6) is 0.786. The molecule has 0 aliphatic heterocycles. The van der Waals surface area contributed by atoms with Crippen LogP contribution in [0.1, 0.15) is 12.8 Å². The molecular formula is C12H22N2O. The maximum atomic E-state index is 11.1. The number of carbonyl (C=O) groups is 1. The molecule has 2 unspecified atom stereocenters. The van der Waals surface area contributed by atoms with Gasteiger partial charge in [-0.2, -0.15) is 0 Å². The fraction of sp³-hybridized carbons (Fsp3) is 0.750. The number of likely N-dealkylation sites (N-methyl/N-ethyl adjacent to an activating group) is 2. The van der Waals surface area contributed by atoms with Gasteiger partial charge >= 0.3 is 0 Å². The number of rotatable bonds is 4. The minimum atomic E-state index is 0.272. The molecule has 1 aliphatic carbocycles. The van der Waals surface area contributed by atoms with Crippen LogP contribution in [0.4, 0.5) is 0 Å². The van der Waals surface area contributed by atoms with E-state index in [-0.39, 0.29) is 5.78 Å². The third-order valence-corrected chi connectivity index (χ3v) is 2.96. The van der Waals surface area contributed by atoms with E-state index in [0.29, 0.717) is 18.4 Å². The van der Waals surface area contributed by atoms with Gasteiger partial charge in [0, 0.05) is 19.0 Å². The predicted octanol–water partition coefficient (Wildman–Crippen LogP) is 1.01. The number of allylic oxidation sites excluding steroid dienone is 1. The van der Waals surface area contributed by atoms with Crippen molar-refractivity contribution < 1.29 is 4.79 Å². The van der Waals surface area contributed by atoms with Crippen LogP contribution in [0.15, 0.2) is 12.2 Å². The summed E-state index contributed by atoms with van der Waals surface area (Å²) < 4.78 is 0. The molecule has 0 saturated carbocycles. The minimum absolute atomic E-state index is 0.272. The minimum Gasteiger partial charge on any atom is -0.308 e. The van der Waals surface area contributed by atoms with Crippen molar-refractivity contribution in [2.45, 2.75) is 18.9 Å². The second kappa shape index (κ2) is 5.42. The van der Waals surface area contributed by atoms with Crippen LogP contribution in [0.2, 0.25) is 0 Å². The average Bonchev–Trinajstić information content (AvgIpc) is 2.15. The zero-order valence-electron chi connectivity index (χ0n) is 10.2.